The topological polar surface area (TPSA) is 141 Å². The number of hydrogen-bond acceptors (Lipinski definition) is 9. The minimum Gasteiger partial charge on any atom is -0.444 e. The Labute approximate surface area is 286 Å². The fourth-order valence-electron chi connectivity index (χ4n) is 5.65. The Morgan fingerprint density at radius 3 is 2.34 bits per heavy atom. The molecule has 1 aliphatic rings. The highest BCUT2D eigenvalue weighted by Crippen LogP contribution is 2.47. The summed E-state index contributed by atoms with van der Waals surface area (Å²) >= 11 is 0.646. The average Bonchev–Trinajstić information content (AvgIpc) is 3.54. The molecule has 4 aromatic rings. The van der Waals surface area contributed by atoms with Gasteiger partial charge in [0.2, 0.25) is 0 Å². The monoisotopic (exact) mass is 720 g/mol. The second kappa shape index (κ2) is 12.7. The van der Waals surface area contributed by atoms with Crippen molar-refractivity contribution in [1.82, 2.24) is 14.9 Å². The molecule has 2 aromatic heterocycles. The smallest absolute Gasteiger partial charge is 0.417 e. The number of nitriles is 1. The second-order valence-electron chi connectivity index (χ2n) is 13.7. The third-order valence-corrected chi connectivity index (χ3v) is 8.78. The maximum Gasteiger partial charge on any atom is 0.417 e. The largest absolute Gasteiger partial charge is 0.444 e. The first-order chi connectivity index (χ1) is 23.1. The minimum atomic E-state index is -5.03. The number of aromatic nitrogens is 2. The van der Waals surface area contributed by atoms with Crippen LogP contribution in [0.5, 0.6) is 0 Å². The van der Waals surface area contributed by atoms with Gasteiger partial charge in [0.1, 0.15) is 40.1 Å². The standard InChI is InChI=1S/C33H33F5N6O5S/c1-31(2,3)48-29(46)42-27-18(12-39)24-15(8-9-20(34)25(24)50-27)16-11-22-17(10-19(16)33(36,37)38)26(41-28(45)40-22)43(7)23-14-44(13-21(23)35)30(47)49-32(4,5)6/h8-11,21,23H,13-14H2,1-7H3,(H,42,46)(H,40,41,45). The number of alkyl halides is 4. The molecule has 0 saturated carbocycles. The van der Waals surface area contributed by atoms with Gasteiger partial charge >= 0.3 is 24.1 Å². The molecule has 11 nitrogen and oxygen atoms in total. The van der Waals surface area contributed by atoms with Crippen molar-refractivity contribution in [2.45, 2.75) is 71.1 Å². The van der Waals surface area contributed by atoms with E-state index < -0.39 is 64.4 Å². The van der Waals surface area contributed by atoms with Gasteiger partial charge in [-0.2, -0.15) is 23.4 Å². The first kappa shape index (κ1) is 36.3. The van der Waals surface area contributed by atoms with Crippen LogP contribution in [0.1, 0.15) is 52.7 Å². The van der Waals surface area contributed by atoms with E-state index in [-0.39, 0.29) is 56.0 Å². The number of nitrogens with zero attached hydrogens (tertiary/aromatic N) is 4. The number of nitrogens with one attached hydrogen (secondary N) is 2. The molecule has 5 rings (SSSR count). The molecule has 266 valence electrons. The maximum absolute atomic E-state index is 15.4. The van der Waals surface area contributed by atoms with Crippen LogP contribution in [0.15, 0.2) is 29.1 Å². The molecule has 1 saturated heterocycles. The Bertz CT molecular complexity index is 2110. The molecule has 0 radical (unpaired) electrons. The Morgan fingerprint density at radius 1 is 1.08 bits per heavy atom. The first-order valence-electron chi connectivity index (χ1n) is 15.2. The quantitative estimate of drug-likeness (QED) is 0.206. The summed E-state index contributed by atoms with van der Waals surface area (Å²) in [7, 11) is 1.35. The van der Waals surface area contributed by atoms with Gasteiger partial charge in [-0.15, -0.1) is 11.3 Å². The SMILES string of the molecule is CN(c1nc(=O)[nH]c2cc(-c3ccc(F)c4sc(NC(=O)OC(C)(C)C)c(C#N)c34)c(C(F)(F)F)cc12)C1CN(C(=O)OC(C)(C)C)CC1F. The number of amides is 2. The lowest BCUT2D eigenvalue weighted by molar-refractivity contribution is -0.137. The molecule has 17 heteroatoms. The van der Waals surface area contributed by atoms with E-state index in [1.807, 2.05) is 6.07 Å². The number of benzene rings is 2. The van der Waals surface area contributed by atoms with E-state index in [9.17, 15) is 32.8 Å². The maximum atomic E-state index is 15.4. The third-order valence-electron chi connectivity index (χ3n) is 7.66. The van der Waals surface area contributed by atoms with Crippen LogP contribution in [-0.4, -0.2) is 70.6 Å². The number of thiophene rings is 1. The van der Waals surface area contributed by atoms with Crippen LogP contribution in [0.25, 0.3) is 32.1 Å². The van der Waals surface area contributed by atoms with Gasteiger partial charge in [0.15, 0.2) is 0 Å². The highest BCUT2D eigenvalue weighted by atomic mass is 32.1. The van der Waals surface area contributed by atoms with Gasteiger partial charge in [-0.3, -0.25) is 5.32 Å². The molecular formula is C33H33F5N6O5S. The number of ether oxygens (including phenoxy) is 2. The van der Waals surface area contributed by atoms with E-state index in [0.717, 1.165) is 29.2 Å². The van der Waals surface area contributed by atoms with Crippen molar-refractivity contribution in [2.75, 3.05) is 30.4 Å². The highest BCUT2D eigenvalue weighted by Gasteiger charge is 2.41. The summed E-state index contributed by atoms with van der Waals surface area (Å²) in [6, 6.07) is 4.54. The van der Waals surface area contributed by atoms with Crippen molar-refractivity contribution in [3.8, 4) is 17.2 Å². The Morgan fingerprint density at radius 2 is 1.74 bits per heavy atom. The van der Waals surface area contributed by atoms with Crippen LogP contribution >= 0.6 is 11.3 Å². The fourth-order valence-corrected chi connectivity index (χ4v) is 6.71. The highest BCUT2D eigenvalue weighted by molar-refractivity contribution is 7.23. The van der Waals surface area contributed by atoms with Gasteiger partial charge in [-0.1, -0.05) is 6.07 Å². The third kappa shape index (κ3) is 7.30. The Hall–Kier alpha value is -4.98. The number of hydrogen-bond donors (Lipinski definition) is 2. The van der Waals surface area contributed by atoms with Crippen LogP contribution < -0.4 is 15.9 Å². The molecular weight excluding hydrogens is 687 g/mol. The van der Waals surface area contributed by atoms with Crippen molar-refractivity contribution in [2.24, 2.45) is 0 Å². The summed E-state index contributed by atoms with van der Waals surface area (Å²) in [5.41, 5.74) is -5.09. The summed E-state index contributed by atoms with van der Waals surface area (Å²) in [6.07, 6.45) is -8.42. The van der Waals surface area contributed by atoms with E-state index in [4.69, 9.17) is 9.47 Å². The normalized spacial score (nSPS) is 16.8. The van der Waals surface area contributed by atoms with E-state index in [1.165, 1.54) is 11.9 Å². The molecule has 1 aliphatic heterocycles. The zero-order valence-corrected chi connectivity index (χ0v) is 28.8. The lowest BCUT2D eigenvalue weighted by Crippen LogP contribution is -2.41. The molecule has 50 heavy (non-hydrogen) atoms. The van der Waals surface area contributed by atoms with Crippen molar-refractivity contribution >= 4 is 55.3 Å². The summed E-state index contributed by atoms with van der Waals surface area (Å²) in [5, 5.41) is 11.9. The summed E-state index contributed by atoms with van der Waals surface area (Å²) < 4.78 is 85.5. The Kier molecular flexibility index (Phi) is 9.24. The first-order valence-corrected chi connectivity index (χ1v) is 16.0. The number of H-pyrrole nitrogens is 1. The van der Waals surface area contributed by atoms with Gasteiger partial charge in [-0.25, -0.2) is 23.2 Å². The predicted octanol–water partition coefficient (Wildman–Crippen LogP) is 7.57. The van der Waals surface area contributed by atoms with Crippen LogP contribution in [0.3, 0.4) is 0 Å². The van der Waals surface area contributed by atoms with Crippen molar-refractivity contribution in [3.05, 3.63) is 51.7 Å². The molecule has 2 N–H and O–H groups in total. The van der Waals surface area contributed by atoms with Gasteiger partial charge in [0.05, 0.1) is 33.9 Å². The van der Waals surface area contributed by atoms with Crippen molar-refractivity contribution in [3.63, 3.8) is 0 Å². The van der Waals surface area contributed by atoms with E-state index >= 15 is 8.78 Å². The number of halogens is 5. The van der Waals surface area contributed by atoms with E-state index in [2.05, 4.69) is 15.3 Å². The number of anilines is 2. The van der Waals surface area contributed by atoms with Crippen LogP contribution in [0, 0.1) is 17.1 Å². The fraction of sp³-hybridized carbons (Fsp3) is 0.424. The number of fused-ring (bicyclic) bond motifs is 2. The van der Waals surface area contributed by atoms with E-state index in [1.54, 1.807) is 41.5 Å². The van der Waals surface area contributed by atoms with Gasteiger partial charge in [-0.05, 0) is 70.9 Å². The summed E-state index contributed by atoms with van der Waals surface area (Å²) in [5.74, 6) is -1.13. The van der Waals surface area contributed by atoms with Crippen LogP contribution in [-0.2, 0) is 15.7 Å². The van der Waals surface area contributed by atoms with Crippen molar-refractivity contribution in [1.29, 1.82) is 5.26 Å². The number of likely N-dealkylation sites (N-methyl/N-ethyl adjacent to an activating group) is 1. The van der Waals surface area contributed by atoms with E-state index in [0.29, 0.717) is 11.3 Å². The van der Waals surface area contributed by atoms with Gasteiger partial charge in [0.25, 0.3) is 0 Å². The number of aromatic amines is 1. The lowest BCUT2D eigenvalue weighted by Gasteiger charge is -2.28. The average molecular weight is 721 g/mol. The van der Waals surface area contributed by atoms with Crippen LogP contribution in [0.2, 0.25) is 0 Å². The molecule has 3 heterocycles. The Balaban J connectivity index is 1.66. The molecule has 2 aromatic carbocycles. The minimum absolute atomic E-state index is 0.120. The number of carbonyl (C=O) groups is 2. The predicted molar refractivity (Wildman–Crippen MR) is 178 cm³/mol. The zero-order chi connectivity index (χ0) is 37.1. The lowest BCUT2D eigenvalue weighted by atomic mass is 9.93. The van der Waals surface area contributed by atoms with Gasteiger partial charge in [0, 0.05) is 24.4 Å². The molecule has 2 atom stereocenters. The van der Waals surface area contributed by atoms with Crippen molar-refractivity contribution < 1.29 is 41.0 Å². The molecule has 2 amide bonds. The summed E-state index contributed by atoms with van der Waals surface area (Å²) in [4.78, 5) is 46.6. The molecule has 0 spiro atoms. The molecule has 2 unspecified atom stereocenters. The molecule has 1 fully saturated rings. The van der Waals surface area contributed by atoms with Gasteiger partial charge < -0.3 is 24.3 Å². The molecule has 0 bridgehead atoms. The number of carbonyl (C=O) groups excluding carboxylic acids is 2. The second-order valence-corrected chi connectivity index (χ2v) is 14.8. The molecule has 0 aliphatic carbocycles. The summed E-state index contributed by atoms with van der Waals surface area (Å²) in [6.45, 7) is 9.19. The zero-order valence-electron chi connectivity index (χ0n) is 28.0. The van der Waals surface area contributed by atoms with Crippen LogP contribution in [0.4, 0.5) is 42.4 Å². The number of likely N-dealkylation sites (tertiary alicyclic amines) is 1. The number of rotatable bonds is 4.